The number of ether oxygens (including phenoxy) is 3. The van der Waals surface area contributed by atoms with Gasteiger partial charge in [-0.2, -0.15) is 0 Å². The van der Waals surface area contributed by atoms with Crippen LogP contribution < -0.4 is 5.56 Å². The lowest BCUT2D eigenvalue weighted by molar-refractivity contribution is -0.0979. The van der Waals surface area contributed by atoms with Crippen LogP contribution in [0.5, 0.6) is 0 Å². The number of aliphatic hydroxyl groups is 1. The third-order valence-electron chi connectivity index (χ3n) is 5.01. The number of nitrogens with one attached hydrogen (secondary N) is 1. The second-order valence-corrected chi connectivity index (χ2v) is 6.67. The Hall–Kier alpha value is -2.59. The lowest BCUT2D eigenvalue weighted by Gasteiger charge is -2.20. The molecular weight excluding hydrogens is 352 g/mol. The summed E-state index contributed by atoms with van der Waals surface area (Å²) >= 11 is 0. The molecule has 1 aromatic carbocycles. The van der Waals surface area contributed by atoms with Crippen LogP contribution in [0.15, 0.2) is 47.8 Å². The molecule has 2 aliphatic rings. The van der Waals surface area contributed by atoms with Crippen molar-refractivity contribution in [1.82, 2.24) is 19.5 Å². The fourth-order valence-electron chi connectivity index (χ4n) is 3.67. The number of aromatic nitrogens is 4. The van der Waals surface area contributed by atoms with E-state index in [4.69, 9.17) is 14.2 Å². The summed E-state index contributed by atoms with van der Waals surface area (Å²) in [5.74, 6) is 0. The first-order valence-corrected chi connectivity index (χ1v) is 8.73. The van der Waals surface area contributed by atoms with Gasteiger partial charge in [0.25, 0.3) is 5.56 Å². The molecular formula is C18H18N4O5. The third-order valence-corrected chi connectivity index (χ3v) is 5.01. The predicted molar refractivity (Wildman–Crippen MR) is 92.8 cm³/mol. The second-order valence-electron chi connectivity index (χ2n) is 6.67. The van der Waals surface area contributed by atoms with Gasteiger partial charge in [0.1, 0.15) is 24.4 Å². The van der Waals surface area contributed by atoms with E-state index in [0.717, 1.165) is 5.56 Å². The van der Waals surface area contributed by atoms with Crippen LogP contribution in [0.1, 0.15) is 11.8 Å². The molecule has 0 unspecified atom stereocenters. The third kappa shape index (κ3) is 2.76. The number of aromatic amines is 1. The number of imidazole rings is 1. The van der Waals surface area contributed by atoms with Crippen LogP contribution in [-0.2, 0) is 20.8 Å². The van der Waals surface area contributed by atoms with Crippen molar-refractivity contribution in [3.8, 4) is 0 Å². The lowest BCUT2D eigenvalue weighted by atomic mass is 10.1. The predicted octanol–water partition coefficient (Wildman–Crippen LogP) is 0.362. The van der Waals surface area contributed by atoms with Crippen molar-refractivity contribution in [1.29, 1.82) is 0 Å². The van der Waals surface area contributed by atoms with E-state index in [-0.39, 0.29) is 17.2 Å². The maximum absolute atomic E-state index is 11.8. The highest BCUT2D eigenvalue weighted by molar-refractivity contribution is 5.68. The zero-order valence-corrected chi connectivity index (χ0v) is 14.3. The van der Waals surface area contributed by atoms with Crippen molar-refractivity contribution in [2.45, 2.75) is 37.3 Å². The molecule has 140 valence electrons. The summed E-state index contributed by atoms with van der Waals surface area (Å²) in [7, 11) is 0. The highest BCUT2D eigenvalue weighted by Gasteiger charge is 2.53. The lowest BCUT2D eigenvalue weighted by Crippen LogP contribution is -2.33. The zero-order valence-electron chi connectivity index (χ0n) is 14.3. The minimum absolute atomic E-state index is 0.197. The molecule has 2 aromatic heterocycles. The number of benzene rings is 1. The Morgan fingerprint density at radius 3 is 2.96 bits per heavy atom. The van der Waals surface area contributed by atoms with Gasteiger partial charge in [-0.1, -0.05) is 30.3 Å². The molecule has 5 atom stereocenters. The van der Waals surface area contributed by atoms with E-state index in [2.05, 4.69) is 15.0 Å². The van der Waals surface area contributed by atoms with E-state index in [1.807, 2.05) is 30.3 Å². The molecule has 9 heteroatoms. The van der Waals surface area contributed by atoms with Gasteiger partial charge in [-0.15, -0.1) is 0 Å². The van der Waals surface area contributed by atoms with Crippen LogP contribution in [0.2, 0.25) is 0 Å². The summed E-state index contributed by atoms with van der Waals surface area (Å²) < 4.78 is 19.3. The molecule has 2 aliphatic heterocycles. The molecule has 0 amide bonds. The normalized spacial score (nSPS) is 30.0. The van der Waals surface area contributed by atoms with Crippen molar-refractivity contribution in [3.63, 3.8) is 0 Å². The van der Waals surface area contributed by atoms with Crippen molar-refractivity contribution < 1.29 is 19.3 Å². The van der Waals surface area contributed by atoms with E-state index in [9.17, 15) is 9.90 Å². The zero-order chi connectivity index (χ0) is 18.4. The first-order chi connectivity index (χ1) is 13.2. The van der Waals surface area contributed by atoms with Gasteiger partial charge in [0.15, 0.2) is 17.4 Å². The first-order valence-electron chi connectivity index (χ1n) is 8.73. The summed E-state index contributed by atoms with van der Waals surface area (Å²) in [6, 6.07) is 9.84. The number of hydrogen-bond donors (Lipinski definition) is 2. The monoisotopic (exact) mass is 370 g/mol. The fraction of sp³-hybridized carbons (Fsp3) is 0.389. The molecule has 0 spiro atoms. The van der Waals surface area contributed by atoms with Crippen LogP contribution in [-0.4, -0.2) is 55.6 Å². The molecule has 27 heavy (non-hydrogen) atoms. The maximum Gasteiger partial charge on any atom is 0.278 e. The number of nitrogens with zero attached hydrogens (tertiary/aromatic N) is 3. The van der Waals surface area contributed by atoms with Crippen LogP contribution in [0.3, 0.4) is 0 Å². The molecule has 2 fully saturated rings. The van der Waals surface area contributed by atoms with Crippen molar-refractivity contribution in [3.05, 3.63) is 58.9 Å². The summed E-state index contributed by atoms with van der Waals surface area (Å²) in [5.41, 5.74) is 1.26. The molecule has 2 N–H and O–H groups in total. The molecule has 4 heterocycles. The minimum atomic E-state index is -0.918. The van der Waals surface area contributed by atoms with Gasteiger partial charge in [-0.25, -0.2) is 9.97 Å². The van der Waals surface area contributed by atoms with E-state index in [0.29, 0.717) is 18.9 Å². The summed E-state index contributed by atoms with van der Waals surface area (Å²) in [6.07, 6.45) is -0.125. The summed E-state index contributed by atoms with van der Waals surface area (Å²) in [5, 5.41) is 10.7. The van der Waals surface area contributed by atoms with Crippen molar-refractivity contribution in [2.24, 2.45) is 0 Å². The van der Waals surface area contributed by atoms with Gasteiger partial charge in [0.05, 0.1) is 25.9 Å². The van der Waals surface area contributed by atoms with Crippen LogP contribution >= 0.6 is 0 Å². The molecule has 0 bridgehead atoms. The summed E-state index contributed by atoms with van der Waals surface area (Å²) in [6.45, 7) is 0.793. The van der Waals surface area contributed by atoms with Gasteiger partial charge in [0.2, 0.25) is 0 Å². The molecule has 3 aromatic rings. The number of rotatable bonds is 4. The molecule has 0 saturated carbocycles. The Morgan fingerprint density at radius 2 is 2.11 bits per heavy atom. The van der Waals surface area contributed by atoms with E-state index < -0.39 is 24.5 Å². The fourth-order valence-corrected chi connectivity index (χ4v) is 3.67. The Morgan fingerprint density at radius 1 is 1.26 bits per heavy atom. The first kappa shape index (κ1) is 16.6. The Labute approximate surface area is 153 Å². The number of H-pyrrole nitrogens is 1. The average Bonchev–Trinajstić information content (AvgIpc) is 3.37. The van der Waals surface area contributed by atoms with Gasteiger partial charge in [-0.05, 0) is 5.56 Å². The number of hydrogen-bond acceptors (Lipinski definition) is 7. The van der Waals surface area contributed by atoms with Gasteiger partial charge in [0, 0.05) is 0 Å². The molecule has 0 radical (unpaired) electrons. The van der Waals surface area contributed by atoms with E-state index in [1.165, 1.54) is 12.7 Å². The standard InChI is InChI=1S/C18H18N4O5/c23-13-15-14(11(7-26-15)25-6-10-4-2-1-3-5-10)27-18(13)22-9-21-12-16(22)19-8-20-17(12)24/h1-5,8-9,11,13-15,18,23H,6-7H2,(H,19,20,24)/t11-,13-,14-,15-,18-/m1/s1. The Balaban J connectivity index is 1.36. The highest BCUT2D eigenvalue weighted by Crippen LogP contribution is 2.38. The number of aliphatic hydroxyl groups excluding tert-OH is 1. The molecule has 0 aliphatic carbocycles. The molecule has 9 nitrogen and oxygen atoms in total. The Kier molecular flexibility index (Phi) is 4.01. The Bertz CT molecular complexity index is 1000. The number of fused-ring (bicyclic) bond motifs is 2. The topological polar surface area (TPSA) is 111 Å². The van der Waals surface area contributed by atoms with Crippen molar-refractivity contribution in [2.75, 3.05) is 6.61 Å². The maximum atomic E-state index is 11.8. The van der Waals surface area contributed by atoms with E-state index in [1.54, 1.807) is 4.57 Å². The quantitative estimate of drug-likeness (QED) is 0.682. The van der Waals surface area contributed by atoms with Gasteiger partial charge >= 0.3 is 0 Å². The minimum Gasteiger partial charge on any atom is -0.386 e. The summed E-state index contributed by atoms with van der Waals surface area (Å²) in [4.78, 5) is 22.5. The van der Waals surface area contributed by atoms with Crippen LogP contribution in [0, 0.1) is 0 Å². The van der Waals surface area contributed by atoms with Crippen LogP contribution in [0.25, 0.3) is 11.2 Å². The highest BCUT2D eigenvalue weighted by atomic mass is 16.6. The largest absolute Gasteiger partial charge is 0.386 e. The second kappa shape index (κ2) is 6.54. The van der Waals surface area contributed by atoms with Gasteiger partial charge in [-0.3, -0.25) is 9.36 Å². The van der Waals surface area contributed by atoms with Crippen molar-refractivity contribution >= 4 is 11.2 Å². The average molecular weight is 370 g/mol. The SMILES string of the molecule is O=c1[nH]cnc2c1ncn2[C@@H]1O[C@H]2[C@H](OC[C@H]2OCc2ccccc2)[C@H]1O. The molecule has 2 saturated heterocycles. The van der Waals surface area contributed by atoms with E-state index >= 15 is 0 Å². The molecule has 5 rings (SSSR count). The van der Waals surface area contributed by atoms with Crippen LogP contribution in [0.4, 0.5) is 0 Å². The van der Waals surface area contributed by atoms with Gasteiger partial charge < -0.3 is 24.3 Å². The smallest absolute Gasteiger partial charge is 0.278 e.